The SMILES string of the molecule is CN1CCN(CCn2nc(-c3ccn(C)c3)c3c(Cl)c(-c4ccccc4)nnc32)CC1. The molecule has 160 valence electrons. The van der Waals surface area contributed by atoms with E-state index in [0.717, 1.165) is 67.1 Å². The Morgan fingerprint density at radius 2 is 1.65 bits per heavy atom. The van der Waals surface area contributed by atoms with Crippen LogP contribution in [0.25, 0.3) is 33.5 Å². The summed E-state index contributed by atoms with van der Waals surface area (Å²) in [7, 11) is 4.18. The molecule has 1 fully saturated rings. The molecule has 4 aromatic rings. The lowest BCUT2D eigenvalue weighted by Crippen LogP contribution is -2.45. The monoisotopic (exact) mass is 435 g/mol. The molecule has 7 nitrogen and oxygen atoms in total. The van der Waals surface area contributed by atoms with Crippen molar-refractivity contribution in [1.29, 1.82) is 0 Å². The van der Waals surface area contributed by atoms with Crippen molar-refractivity contribution in [2.24, 2.45) is 7.05 Å². The van der Waals surface area contributed by atoms with Crippen molar-refractivity contribution in [3.63, 3.8) is 0 Å². The quantitative estimate of drug-likeness (QED) is 0.481. The summed E-state index contributed by atoms with van der Waals surface area (Å²) in [5.41, 5.74) is 4.25. The van der Waals surface area contributed by atoms with E-state index in [1.165, 1.54) is 0 Å². The number of nitrogens with zero attached hydrogens (tertiary/aromatic N) is 7. The lowest BCUT2D eigenvalue weighted by atomic mass is 10.1. The molecule has 8 heteroatoms. The number of benzene rings is 1. The Morgan fingerprint density at radius 3 is 2.35 bits per heavy atom. The molecular weight excluding hydrogens is 410 g/mol. The second kappa shape index (κ2) is 8.42. The highest BCUT2D eigenvalue weighted by atomic mass is 35.5. The lowest BCUT2D eigenvalue weighted by Gasteiger charge is -2.32. The molecule has 3 aromatic heterocycles. The molecule has 1 saturated heterocycles. The van der Waals surface area contributed by atoms with E-state index in [9.17, 15) is 0 Å². The van der Waals surface area contributed by atoms with Gasteiger partial charge in [0.1, 0.15) is 11.4 Å². The molecule has 1 aromatic carbocycles. The molecule has 0 spiro atoms. The molecule has 0 saturated carbocycles. The first-order valence-corrected chi connectivity index (χ1v) is 11.0. The molecule has 1 aliphatic heterocycles. The van der Waals surface area contributed by atoms with Gasteiger partial charge in [-0.15, -0.1) is 10.2 Å². The number of hydrogen-bond donors (Lipinski definition) is 0. The first-order valence-electron chi connectivity index (χ1n) is 10.6. The van der Waals surface area contributed by atoms with Crippen LogP contribution in [0.1, 0.15) is 0 Å². The average Bonchev–Trinajstić information content (AvgIpc) is 3.38. The van der Waals surface area contributed by atoms with Crippen LogP contribution in [0.2, 0.25) is 5.02 Å². The minimum atomic E-state index is 0.598. The molecule has 0 aliphatic carbocycles. The predicted octanol–water partition coefficient (Wildman–Crippen LogP) is 3.40. The molecule has 4 heterocycles. The normalized spacial score (nSPS) is 15.7. The minimum Gasteiger partial charge on any atom is -0.357 e. The number of rotatable bonds is 5. The topological polar surface area (TPSA) is 55.0 Å². The maximum Gasteiger partial charge on any atom is 0.182 e. The number of halogens is 1. The van der Waals surface area contributed by atoms with E-state index in [0.29, 0.717) is 10.7 Å². The zero-order valence-corrected chi connectivity index (χ0v) is 18.6. The number of fused-ring (bicyclic) bond motifs is 1. The highest BCUT2D eigenvalue weighted by Crippen LogP contribution is 2.37. The second-order valence-electron chi connectivity index (χ2n) is 8.21. The molecule has 1 aliphatic rings. The Bertz CT molecular complexity index is 1190. The molecule has 0 bridgehead atoms. The van der Waals surface area contributed by atoms with Crippen LogP contribution in [0.4, 0.5) is 0 Å². The first-order chi connectivity index (χ1) is 15.1. The number of likely N-dealkylation sites (N-methyl/N-ethyl adjacent to an activating group) is 1. The van der Waals surface area contributed by atoms with Crippen LogP contribution >= 0.6 is 11.6 Å². The fourth-order valence-electron chi connectivity index (χ4n) is 4.11. The van der Waals surface area contributed by atoms with E-state index in [-0.39, 0.29) is 0 Å². The van der Waals surface area contributed by atoms with Crippen molar-refractivity contribution in [2.75, 3.05) is 39.8 Å². The number of aromatic nitrogens is 5. The second-order valence-corrected chi connectivity index (χ2v) is 8.59. The van der Waals surface area contributed by atoms with Crippen LogP contribution in [-0.2, 0) is 13.6 Å². The van der Waals surface area contributed by atoms with Crippen LogP contribution in [0.5, 0.6) is 0 Å². The van der Waals surface area contributed by atoms with E-state index in [1.807, 2.05) is 52.8 Å². The van der Waals surface area contributed by atoms with Gasteiger partial charge in [-0.05, 0) is 13.1 Å². The van der Waals surface area contributed by atoms with Crippen LogP contribution in [0.15, 0.2) is 48.8 Å². The van der Waals surface area contributed by atoms with E-state index < -0.39 is 0 Å². The fraction of sp³-hybridized carbons (Fsp3) is 0.348. The molecule has 31 heavy (non-hydrogen) atoms. The van der Waals surface area contributed by atoms with Crippen molar-refractivity contribution in [1.82, 2.24) is 34.3 Å². The maximum absolute atomic E-state index is 6.94. The van der Waals surface area contributed by atoms with Gasteiger partial charge in [-0.1, -0.05) is 41.9 Å². The van der Waals surface area contributed by atoms with E-state index >= 15 is 0 Å². The Kier molecular flexibility index (Phi) is 5.48. The molecule has 0 radical (unpaired) electrons. The molecular formula is C23H26ClN7. The van der Waals surface area contributed by atoms with Crippen molar-refractivity contribution >= 4 is 22.6 Å². The Hall–Kier alpha value is -2.74. The molecule has 0 amide bonds. The number of piperazine rings is 1. The molecule has 0 atom stereocenters. The van der Waals surface area contributed by atoms with Crippen LogP contribution in [0, 0.1) is 0 Å². The number of aryl methyl sites for hydroxylation is 1. The van der Waals surface area contributed by atoms with Crippen molar-refractivity contribution in [2.45, 2.75) is 6.54 Å². The zero-order chi connectivity index (χ0) is 21.4. The summed E-state index contributed by atoms with van der Waals surface area (Å²) in [6, 6.07) is 12.0. The van der Waals surface area contributed by atoms with Crippen LogP contribution in [-0.4, -0.2) is 74.1 Å². The maximum atomic E-state index is 6.94. The van der Waals surface area contributed by atoms with Crippen molar-refractivity contribution in [3.8, 4) is 22.5 Å². The van der Waals surface area contributed by atoms with Gasteiger partial charge < -0.3 is 9.47 Å². The minimum absolute atomic E-state index is 0.598. The Balaban J connectivity index is 1.56. The van der Waals surface area contributed by atoms with Gasteiger partial charge in [0, 0.05) is 63.3 Å². The lowest BCUT2D eigenvalue weighted by molar-refractivity contribution is 0.149. The summed E-state index contributed by atoms with van der Waals surface area (Å²) in [5, 5.41) is 15.5. The van der Waals surface area contributed by atoms with Crippen LogP contribution < -0.4 is 0 Å². The smallest absolute Gasteiger partial charge is 0.182 e. The highest BCUT2D eigenvalue weighted by Gasteiger charge is 2.22. The van der Waals surface area contributed by atoms with Crippen LogP contribution in [0.3, 0.4) is 0 Å². The summed E-state index contributed by atoms with van der Waals surface area (Å²) >= 11 is 6.94. The van der Waals surface area contributed by atoms with E-state index in [4.69, 9.17) is 16.7 Å². The summed E-state index contributed by atoms with van der Waals surface area (Å²) in [6.07, 6.45) is 4.08. The van der Waals surface area contributed by atoms with Gasteiger partial charge in [-0.2, -0.15) is 5.10 Å². The fourth-order valence-corrected chi connectivity index (χ4v) is 4.43. The average molecular weight is 436 g/mol. The van der Waals surface area contributed by atoms with Gasteiger partial charge >= 0.3 is 0 Å². The summed E-state index contributed by atoms with van der Waals surface area (Å²) in [6.45, 7) is 6.03. The van der Waals surface area contributed by atoms with Crippen molar-refractivity contribution in [3.05, 3.63) is 53.8 Å². The highest BCUT2D eigenvalue weighted by molar-refractivity contribution is 6.38. The molecule has 0 unspecified atom stereocenters. The van der Waals surface area contributed by atoms with E-state index in [2.05, 4.69) is 39.3 Å². The number of hydrogen-bond acceptors (Lipinski definition) is 5. The molecule has 5 rings (SSSR count). The standard InChI is InChI=1S/C23H26ClN7/c1-28-10-12-30(13-11-28)14-15-31-23-19(21(27-31)18-8-9-29(2)16-18)20(24)22(25-26-23)17-6-4-3-5-7-17/h3-9,16H,10-15H2,1-2H3. The van der Waals surface area contributed by atoms with Crippen molar-refractivity contribution < 1.29 is 0 Å². The van der Waals surface area contributed by atoms with Gasteiger partial charge in [0.05, 0.1) is 17.0 Å². The van der Waals surface area contributed by atoms with Gasteiger partial charge in [-0.25, -0.2) is 4.68 Å². The molecule has 0 N–H and O–H groups in total. The summed E-state index contributed by atoms with van der Waals surface area (Å²) in [5.74, 6) is 0. The first kappa shape index (κ1) is 20.2. The third-order valence-corrected chi connectivity index (χ3v) is 6.34. The predicted molar refractivity (Wildman–Crippen MR) is 124 cm³/mol. The Labute approximate surface area is 186 Å². The van der Waals surface area contributed by atoms with Gasteiger partial charge in [-0.3, -0.25) is 4.90 Å². The third kappa shape index (κ3) is 3.96. The third-order valence-electron chi connectivity index (χ3n) is 5.97. The summed E-state index contributed by atoms with van der Waals surface area (Å²) < 4.78 is 3.98. The van der Waals surface area contributed by atoms with E-state index in [1.54, 1.807) is 0 Å². The Morgan fingerprint density at radius 1 is 0.871 bits per heavy atom. The summed E-state index contributed by atoms with van der Waals surface area (Å²) in [4.78, 5) is 4.84. The van der Waals surface area contributed by atoms with Gasteiger partial charge in [0.2, 0.25) is 0 Å². The van der Waals surface area contributed by atoms with Gasteiger partial charge in [0.25, 0.3) is 0 Å². The largest absolute Gasteiger partial charge is 0.357 e. The zero-order valence-electron chi connectivity index (χ0n) is 17.9. The van der Waals surface area contributed by atoms with Gasteiger partial charge in [0.15, 0.2) is 5.65 Å².